The van der Waals surface area contributed by atoms with Crippen LogP contribution in [0.5, 0.6) is 0 Å². The van der Waals surface area contributed by atoms with Crippen molar-refractivity contribution < 1.29 is 67.0 Å². The quantitative estimate of drug-likeness (QED) is 0.00204. The van der Waals surface area contributed by atoms with Crippen molar-refractivity contribution >= 4 is 138 Å². The average Bonchev–Trinajstić information content (AvgIpc) is 1.79. The molecule has 1 unspecified atom stereocenters. The molecule has 0 aliphatic carbocycles. The molecule has 3 aliphatic heterocycles. The van der Waals surface area contributed by atoms with Crippen LogP contribution in [0, 0.1) is 0 Å². The third-order valence-corrected chi connectivity index (χ3v) is 23.7. The first kappa shape index (κ1) is 86.6. The summed E-state index contributed by atoms with van der Waals surface area (Å²) in [5.41, 5.74) is 27.7. The number of azide groups is 2. The van der Waals surface area contributed by atoms with E-state index < -0.39 is 120 Å². The lowest BCUT2D eigenvalue weighted by Crippen LogP contribution is -2.58. The first-order chi connectivity index (χ1) is 53.4. The number of nitrogens with zero attached hydrogens (tertiary/aromatic N) is 10. The highest BCUT2D eigenvalue weighted by Crippen LogP contribution is 2.35. The van der Waals surface area contributed by atoms with Crippen molar-refractivity contribution in [3.63, 3.8) is 0 Å². The van der Waals surface area contributed by atoms with Crippen LogP contribution in [-0.2, 0) is 82.7 Å². The van der Waals surface area contributed by atoms with Gasteiger partial charge in [-0.05, 0) is 131 Å². The number of nitrogens with one attached hydrogen (secondary N) is 7. The van der Waals surface area contributed by atoms with Gasteiger partial charge in [0.05, 0.1) is 5.88 Å². The van der Waals surface area contributed by atoms with E-state index in [2.05, 4.69) is 56.9 Å². The van der Waals surface area contributed by atoms with Gasteiger partial charge in [-0.3, -0.25) is 43.3 Å². The number of aromatic amines is 1. The highest BCUT2D eigenvalue weighted by molar-refractivity contribution is 8.77. The molecule has 111 heavy (non-hydrogen) atoms. The normalized spacial score (nSPS) is 16.8. The maximum Gasteiger partial charge on any atom is 0.411 e. The Hall–Kier alpha value is -9.96. The van der Waals surface area contributed by atoms with Crippen molar-refractivity contribution in [2.24, 2.45) is 16.0 Å². The third kappa shape index (κ3) is 27.8. The van der Waals surface area contributed by atoms with Crippen molar-refractivity contribution in [2.45, 2.75) is 170 Å². The molecule has 0 saturated carbocycles. The molecule has 8 rings (SSSR count). The lowest BCUT2D eigenvalue weighted by molar-refractivity contribution is -0.155. The molecule has 0 radical (unpaired) electrons. The van der Waals surface area contributed by atoms with Crippen molar-refractivity contribution in [3.8, 4) is 0 Å². The molecule has 596 valence electrons. The minimum Gasteiger partial charge on any atom is -0.454 e. The molecule has 3 aliphatic rings. The van der Waals surface area contributed by atoms with Gasteiger partial charge in [0.1, 0.15) is 61.5 Å². The number of H-pyrrole nitrogens is 1. The number of unbranched alkanes of at least 4 members (excludes halogenated alkanes) is 2. The van der Waals surface area contributed by atoms with Crippen molar-refractivity contribution in [3.05, 3.63) is 152 Å². The molecule has 4 heterocycles. The number of primary amides is 1. The minimum absolute atomic E-state index is 0.0244. The largest absolute Gasteiger partial charge is 0.454 e. The number of likely N-dealkylation sites (tertiary alicyclic amines) is 2. The summed E-state index contributed by atoms with van der Waals surface area (Å²) >= 11 is 2.20. The fraction of sp³-hybridized carbons (Fsp3) is 0.493. The van der Waals surface area contributed by atoms with Gasteiger partial charge in [-0.25, -0.2) is 14.4 Å². The third-order valence-electron chi connectivity index (χ3n) is 18.3. The molecule has 3 fully saturated rings. The number of fused-ring (bicyclic) bond motifs is 1. The number of para-hydroxylation sites is 1. The fourth-order valence-electron chi connectivity index (χ4n) is 12.5. The number of hydrogen-bond donors (Lipinski definition) is 9. The Kier molecular flexibility index (Phi) is 34.5. The van der Waals surface area contributed by atoms with Gasteiger partial charge in [0, 0.05) is 86.4 Å². The highest BCUT2D eigenvalue weighted by Gasteiger charge is 2.41. The summed E-state index contributed by atoms with van der Waals surface area (Å²) in [5, 5.41) is 26.6. The average molecular weight is 1600 g/mol. The van der Waals surface area contributed by atoms with Crippen LogP contribution in [0.3, 0.4) is 0 Å². The van der Waals surface area contributed by atoms with E-state index in [1.165, 1.54) is 48.0 Å². The van der Waals surface area contributed by atoms with E-state index in [0.29, 0.717) is 78.2 Å². The number of ether oxygens (including phenoxy) is 3. The molecular formula is C75H98N18O14S4. The molecule has 5 aromatic rings. The zero-order valence-electron chi connectivity index (χ0n) is 62.8. The van der Waals surface area contributed by atoms with Crippen LogP contribution in [0.4, 0.5) is 21.0 Å². The molecule has 4 aromatic carbocycles. The Morgan fingerprint density at radius 2 is 1.28 bits per heavy atom. The summed E-state index contributed by atoms with van der Waals surface area (Å²) < 4.78 is 16.6. The Morgan fingerprint density at radius 3 is 1.94 bits per heavy atom. The highest BCUT2D eigenvalue weighted by atomic mass is 33.1. The number of nitrogens with two attached hydrogens (primary N) is 1. The Labute approximate surface area is 660 Å². The number of alkyl carbamates (subject to hydrolysis) is 1. The van der Waals surface area contributed by atoms with Gasteiger partial charge in [-0.15, -0.1) is 11.8 Å². The Bertz CT molecular complexity index is 4160. The zero-order valence-corrected chi connectivity index (χ0v) is 66.1. The summed E-state index contributed by atoms with van der Waals surface area (Å²) in [7, 11) is 6.61. The summed E-state index contributed by atoms with van der Waals surface area (Å²) in [6.45, 7) is 5.85. The molecule has 1 aromatic heterocycles. The van der Waals surface area contributed by atoms with Crippen LogP contribution in [-0.4, -0.2) is 213 Å². The fourth-order valence-corrected chi connectivity index (χ4v) is 17.1. The lowest BCUT2D eigenvalue weighted by atomic mass is 10.0. The van der Waals surface area contributed by atoms with E-state index in [1.807, 2.05) is 99.7 Å². The maximum atomic E-state index is 14.9. The molecular weight excluding hydrogens is 1510 g/mol. The molecule has 32 nitrogen and oxygen atoms in total. The zero-order chi connectivity index (χ0) is 79.8. The molecule has 9 N–H and O–H groups in total. The van der Waals surface area contributed by atoms with Crippen molar-refractivity contribution in [2.75, 3.05) is 64.3 Å². The second-order valence-electron chi connectivity index (χ2n) is 28.1. The van der Waals surface area contributed by atoms with Crippen LogP contribution in [0.2, 0.25) is 0 Å². The number of benzene rings is 4. The first-order valence-electron chi connectivity index (χ1n) is 36.7. The summed E-state index contributed by atoms with van der Waals surface area (Å²) in [6.07, 6.45) is 2.96. The van der Waals surface area contributed by atoms with Crippen LogP contribution in [0.1, 0.15) is 114 Å². The van der Waals surface area contributed by atoms with E-state index in [0.717, 1.165) is 27.8 Å². The second kappa shape index (κ2) is 44.2. The standard InChI is InChI=1S/C75H98N18O14S4/c1-75(2,3)111-110-45-60(85-73(103)106-41-48-25-29-52(30-26-48)86-88-77)68(98)81-56(22-12-14-35-90(4)5)67(97)84-59(39-51-40-80-55-20-10-9-19-54(51)55)72(102)105-43-64(94)91-36-16-24-62(91)70(100)82-57(66(96)83-58(33-38-108-44-50-17-7-6-8-18-50)71(101)92-37-15-23-61(92)65(76)95)21-11-13-34-79-69(99)63-46-109-47-93(63)74(104)107-42-49-27-31-53(32-28-49)87-89-78/h6-10,17-20,25-32,38,40,56-63,80,108H,11-16,21-24,33-37,39,41-47H2,1-5H3,(H2,76,95)(H,79,99)(H,81,98)(H,82,100)(H,83,96)(H,84,97)(H,85,103)/t56-,57-,58-,59-,60-,61-,62-,63?/m0/s1. The molecule has 10 amide bonds. The van der Waals surface area contributed by atoms with Crippen LogP contribution >= 0.6 is 44.7 Å². The SMILES string of the molecule is CN(C)CCCC[C@H](NC(=O)[C@H](CSSC(C)(C)C)NC(=O)OCc1ccc(N=[N+]=[N-])cc1)C(=O)N[C@@H](Cc1c[nH]c2ccccc12)C(=O)OCC(=O)N1CCC[C@H]1C(=O)N[C@@H](CCCCNC(=O)C1CSCN1C(=O)OCc1ccc(N=[N+]=[N-])cc1)C(=O)N[C@@H](CC=[SH]Cc1ccccc1)C(=O)N1CCC[C@H]1C(N)=O. The van der Waals surface area contributed by atoms with E-state index in [1.54, 1.807) is 54.7 Å². The molecule has 36 heteroatoms. The van der Waals surface area contributed by atoms with E-state index in [-0.39, 0.29) is 94.2 Å². The summed E-state index contributed by atoms with van der Waals surface area (Å²) in [5.74, 6) is -5.20. The van der Waals surface area contributed by atoms with Gasteiger partial charge >= 0.3 is 18.2 Å². The lowest BCUT2D eigenvalue weighted by Gasteiger charge is -2.30. The Balaban J connectivity index is 0.965. The van der Waals surface area contributed by atoms with Crippen LogP contribution < -0.4 is 37.6 Å². The van der Waals surface area contributed by atoms with Gasteiger partial charge in [0.2, 0.25) is 41.4 Å². The number of carbonyl (C=O) groups excluding carboxylic acids is 11. The van der Waals surface area contributed by atoms with Gasteiger partial charge in [-0.1, -0.05) is 155 Å². The number of thiol groups is 1. The number of carbonyl (C=O) groups is 11. The van der Waals surface area contributed by atoms with Crippen LogP contribution in [0.25, 0.3) is 31.8 Å². The number of aromatic nitrogens is 1. The van der Waals surface area contributed by atoms with Gasteiger partial charge in [0.25, 0.3) is 5.91 Å². The topological polar surface area (TPSA) is 440 Å². The monoisotopic (exact) mass is 1600 g/mol. The van der Waals surface area contributed by atoms with Crippen LogP contribution in [0.15, 0.2) is 120 Å². The number of amides is 10. The van der Waals surface area contributed by atoms with E-state index >= 15 is 0 Å². The molecule has 0 spiro atoms. The number of rotatable bonds is 40. The smallest absolute Gasteiger partial charge is 0.411 e. The van der Waals surface area contributed by atoms with Crippen molar-refractivity contribution in [1.29, 1.82) is 0 Å². The van der Waals surface area contributed by atoms with E-state index in [4.69, 9.17) is 31.0 Å². The Morgan fingerprint density at radius 1 is 0.676 bits per heavy atom. The molecule has 8 atom stereocenters. The number of esters is 1. The van der Waals surface area contributed by atoms with E-state index in [9.17, 15) is 52.7 Å². The summed E-state index contributed by atoms with van der Waals surface area (Å²) in [6, 6.07) is 20.4. The number of thioether (sulfide) groups is 1. The molecule has 3 saturated heterocycles. The minimum atomic E-state index is -1.46. The molecule has 0 bridgehead atoms. The van der Waals surface area contributed by atoms with Crippen molar-refractivity contribution in [1.82, 2.24) is 56.5 Å². The van der Waals surface area contributed by atoms with Gasteiger partial charge in [0.15, 0.2) is 6.61 Å². The maximum absolute atomic E-state index is 14.9. The predicted octanol–water partition coefficient (Wildman–Crippen LogP) is 8.61. The second-order valence-corrected chi connectivity index (χ2v) is 33.3. The van der Waals surface area contributed by atoms with Gasteiger partial charge in [-0.2, -0.15) is 11.4 Å². The summed E-state index contributed by atoms with van der Waals surface area (Å²) in [4.78, 5) is 170. The first-order valence-corrected chi connectivity index (χ1v) is 41.3. The predicted molar refractivity (Wildman–Crippen MR) is 429 cm³/mol. The number of hydrogen-bond acceptors (Lipinski definition) is 20. The van der Waals surface area contributed by atoms with Gasteiger partial charge < -0.3 is 71.5 Å².